The first-order valence-electron chi connectivity index (χ1n) is 19.4. The van der Waals surface area contributed by atoms with Gasteiger partial charge in [0.2, 0.25) is 5.75 Å². The monoisotopic (exact) mass is 816 g/mol. The predicted octanol–water partition coefficient (Wildman–Crippen LogP) is 13.7. The molecule has 0 aliphatic carbocycles. The van der Waals surface area contributed by atoms with E-state index in [9.17, 15) is 22.4 Å². The molecular formula is C46H54F6O4S. The van der Waals surface area contributed by atoms with Gasteiger partial charge in [0, 0.05) is 27.7 Å². The Hall–Kier alpha value is -4.38. The molecule has 4 aromatic rings. The number of hydrogen-bond donors (Lipinski definition) is 0. The topological polar surface area (TPSA) is 44.8 Å². The molecule has 0 amide bonds. The third-order valence-corrected chi connectivity index (χ3v) is 14.8. The highest BCUT2D eigenvalue weighted by molar-refractivity contribution is 8.31. The van der Waals surface area contributed by atoms with Crippen molar-refractivity contribution < 1.29 is 44.8 Å². The summed E-state index contributed by atoms with van der Waals surface area (Å²) in [7, 11) is -1.90. The van der Waals surface area contributed by atoms with Crippen molar-refractivity contribution in [3.8, 4) is 22.6 Å². The maximum absolute atomic E-state index is 15.8. The second kappa shape index (κ2) is 20.4. The number of hydrogen-bond acceptors (Lipinski definition) is 4. The Balaban J connectivity index is 1.54. The smallest absolute Gasteiger partial charge is 0.416 e. The van der Waals surface area contributed by atoms with E-state index in [0.29, 0.717) is 48.3 Å². The third-order valence-electron chi connectivity index (χ3n) is 9.92. The summed E-state index contributed by atoms with van der Waals surface area (Å²) in [4.78, 5) is 12.0. The second-order valence-electron chi connectivity index (χ2n) is 14.9. The van der Waals surface area contributed by atoms with Crippen LogP contribution in [0.5, 0.6) is 11.5 Å². The van der Waals surface area contributed by atoms with Crippen LogP contribution in [0.4, 0.5) is 26.3 Å². The van der Waals surface area contributed by atoms with Crippen molar-refractivity contribution in [2.24, 2.45) is 5.92 Å². The minimum Gasteiger partial charge on any atom is -0.488 e. The van der Waals surface area contributed by atoms with Crippen LogP contribution >= 0.6 is 10.3 Å². The van der Waals surface area contributed by atoms with Crippen molar-refractivity contribution in [1.29, 1.82) is 0 Å². The van der Waals surface area contributed by atoms with Crippen LogP contribution in [0.25, 0.3) is 17.2 Å². The first-order chi connectivity index (χ1) is 26.9. The minimum atomic E-state index is -4.41. The minimum absolute atomic E-state index is 0.0678. The van der Waals surface area contributed by atoms with Crippen LogP contribution in [0, 0.1) is 23.4 Å². The van der Waals surface area contributed by atoms with Crippen LogP contribution < -0.4 is 8.92 Å². The van der Waals surface area contributed by atoms with E-state index in [0.717, 1.165) is 23.3 Å². The number of allylic oxidation sites excluding steroid dienone is 1. The summed E-state index contributed by atoms with van der Waals surface area (Å²) in [5, 5.41) is 0.204. The molecule has 4 aromatic carbocycles. The fourth-order valence-corrected chi connectivity index (χ4v) is 11.5. The summed E-state index contributed by atoms with van der Waals surface area (Å²) < 4.78 is 103. The summed E-state index contributed by atoms with van der Waals surface area (Å²) >= 11 is 0. The summed E-state index contributed by atoms with van der Waals surface area (Å²) in [6.07, 6.45) is 1.50. The van der Waals surface area contributed by atoms with E-state index in [1.165, 1.54) is 42.5 Å². The van der Waals surface area contributed by atoms with E-state index in [1.807, 2.05) is 59.8 Å². The van der Waals surface area contributed by atoms with Crippen LogP contribution in [-0.2, 0) is 28.7 Å². The van der Waals surface area contributed by atoms with E-state index in [-0.39, 0.29) is 52.8 Å². The van der Waals surface area contributed by atoms with Gasteiger partial charge in [-0.25, -0.2) is 13.2 Å². The van der Waals surface area contributed by atoms with Gasteiger partial charge in [0.25, 0.3) is 0 Å². The molecule has 0 radical (unpaired) electrons. The third kappa shape index (κ3) is 12.3. The lowest BCUT2D eigenvalue weighted by Gasteiger charge is -2.50. The zero-order valence-electron chi connectivity index (χ0n) is 33.7. The molecule has 0 aliphatic heterocycles. The fraction of sp³-hybridized carbons (Fsp3) is 0.413. The molecule has 0 aromatic heterocycles. The zero-order chi connectivity index (χ0) is 41.9. The van der Waals surface area contributed by atoms with Gasteiger partial charge in [0.05, 0.1) is 12.2 Å². The molecule has 1 unspecified atom stereocenters. The molecular weight excluding hydrogens is 763 g/mol. The molecule has 0 saturated heterocycles. The van der Waals surface area contributed by atoms with Gasteiger partial charge in [0.1, 0.15) is 18.2 Å². The molecule has 0 fully saturated rings. The number of halogens is 6. The number of alkyl halides is 3. The molecule has 0 spiro atoms. The highest BCUT2D eigenvalue weighted by Gasteiger charge is 2.39. The molecule has 1 atom stereocenters. The molecule has 310 valence electrons. The molecule has 0 heterocycles. The number of esters is 1. The van der Waals surface area contributed by atoms with Crippen molar-refractivity contribution in [2.75, 3.05) is 6.61 Å². The number of carbonyl (C=O) groups is 1. The normalized spacial score (nSPS) is 13.1. The van der Waals surface area contributed by atoms with Gasteiger partial charge >= 0.3 is 12.1 Å². The van der Waals surface area contributed by atoms with Crippen molar-refractivity contribution >= 4 is 22.4 Å². The molecule has 0 saturated carbocycles. The van der Waals surface area contributed by atoms with Gasteiger partial charge in [-0.3, -0.25) is 4.79 Å². The fourth-order valence-electron chi connectivity index (χ4n) is 7.18. The lowest BCUT2D eigenvalue weighted by Crippen LogP contribution is -2.33. The average molecular weight is 817 g/mol. The molecule has 4 rings (SSSR count). The summed E-state index contributed by atoms with van der Waals surface area (Å²) in [5.41, 5.74) is 2.35. The molecule has 0 aliphatic rings. The largest absolute Gasteiger partial charge is 0.488 e. The summed E-state index contributed by atoms with van der Waals surface area (Å²) in [6.45, 7) is 14.3. The number of rotatable bonds is 19. The lowest BCUT2D eigenvalue weighted by atomic mass is 9.92. The Morgan fingerprint density at radius 1 is 0.754 bits per heavy atom. The number of unbranched alkanes of at least 4 members (excludes halogenated alkanes) is 1. The Labute approximate surface area is 335 Å². The standard InChI is InChI=1S/C46H54F6O4S/c1-8-54-44(53)12-10-9-11-33(25-35-26-41(48)45(42(49)27-35)56-57(30(2)3,31(4)5)32(6)7)13-18-38-28-40(47)23-24-43(38)55-29-34-14-16-36(17-15-34)37-19-21-39(22-20-37)46(50,51)52/h13-24,26-28,30-33H,8-12,25,29H2,1-7H3/b18-13+. The summed E-state index contributed by atoms with van der Waals surface area (Å²) in [6, 6.07) is 18.9. The second-order valence-corrected chi connectivity index (χ2v) is 19.3. The van der Waals surface area contributed by atoms with Crippen LogP contribution in [-0.4, -0.2) is 28.3 Å². The number of carbonyl (C=O) groups excluding carboxylic acids is 1. The number of ether oxygens (including phenoxy) is 2. The van der Waals surface area contributed by atoms with Crippen molar-refractivity contribution in [3.63, 3.8) is 0 Å². The van der Waals surface area contributed by atoms with Crippen molar-refractivity contribution in [1.82, 2.24) is 0 Å². The van der Waals surface area contributed by atoms with E-state index in [2.05, 4.69) is 0 Å². The molecule has 0 bridgehead atoms. The van der Waals surface area contributed by atoms with Crippen LogP contribution in [0.1, 0.15) is 96.4 Å². The zero-order valence-corrected chi connectivity index (χ0v) is 34.5. The molecule has 0 N–H and O–H groups in total. The van der Waals surface area contributed by atoms with E-state index in [1.54, 1.807) is 25.1 Å². The van der Waals surface area contributed by atoms with Gasteiger partial charge < -0.3 is 13.7 Å². The average Bonchev–Trinajstić information content (AvgIpc) is 3.14. The van der Waals surface area contributed by atoms with Gasteiger partial charge in [-0.2, -0.15) is 13.2 Å². The van der Waals surface area contributed by atoms with E-state index >= 15 is 8.78 Å². The molecule has 4 nitrogen and oxygen atoms in total. The van der Waals surface area contributed by atoms with Crippen molar-refractivity contribution in [3.05, 3.63) is 125 Å². The Morgan fingerprint density at radius 2 is 1.33 bits per heavy atom. The SMILES string of the molecule is CCOC(=O)CCCCC(/C=C/c1cc(F)ccc1OCc1ccc(-c2ccc(C(F)(F)F)cc2)cc1)Cc1cc(F)c(OS(C(C)C)(C(C)C)C(C)C)c(F)c1. The van der Waals surface area contributed by atoms with Gasteiger partial charge in [-0.1, -0.05) is 107 Å². The maximum atomic E-state index is 15.8. The van der Waals surface area contributed by atoms with E-state index in [4.69, 9.17) is 13.7 Å². The Kier molecular flexibility index (Phi) is 16.2. The molecule has 11 heteroatoms. The number of benzene rings is 4. The van der Waals surface area contributed by atoms with Gasteiger partial charge in [-0.15, -0.1) is 0 Å². The van der Waals surface area contributed by atoms with Crippen LogP contribution in [0.2, 0.25) is 0 Å². The first kappa shape index (κ1) is 45.3. The van der Waals surface area contributed by atoms with E-state index < -0.39 is 39.5 Å². The van der Waals surface area contributed by atoms with Crippen molar-refractivity contribution in [2.45, 2.75) is 109 Å². The quantitative estimate of drug-likeness (QED) is 0.0537. The molecule has 57 heavy (non-hydrogen) atoms. The highest BCUT2D eigenvalue weighted by atomic mass is 32.3. The Bertz CT molecular complexity index is 1890. The van der Waals surface area contributed by atoms with Gasteiger partial charge in [0.15, 0.2) is 11.6 Å². The van der Waals surface area contributed by atoms with Crippen LogP contribution in [0.15, 0.2) is 84.9 Å². The maximum Gasteiger partial charge on any atom is 0.416 e. The lowest BCUT2D eigenvalue weighted by molar-refractivity contribution is -0.143. The highest BCUT2D eigenvalue weighted by Crippen LogP contribution is 2.61. The first-order valence-corrected chi connectivity index (χ1v) is 21.2. The van der Waals surface area contributed by atoms with Crippen LogP contribution in [0.3, 0.4) is 0 Å². The van der Waals surface area contributed by atoms with Gasteiger partial charge in [-0.05, 0) is 96.8 Å². The predicted molar refractivity (Wildman–Crippen MR) is 219 cm³/mol. The Morgan fingerprint density at radius 3 is 1.88 bits per heavy atom. The summed E-state index contributed by atoms with van der Waals surface area (Å²) in [5.74, 6) is -2.48.